The van der Waals surface area contributed by atoms with Gasteiger partial charge in [-0.1, -0.05) is 0 Å². The maximum atomic E-state index is 11.1. The van der Waals surface area contributed by atoms with Gasteiger partial charge in [0.1, 0.15) is 0 Å². The number of nitrogens with zero attached hydrogens (tertiary/aromatic N) is 2. The highest BCUT2D eigenvalue weighted by atomic mass is 32.2. The van der Waals surface area contributed by atoms with Gasteiger partial charge in [-0.25, -0.2) is 8.42 Å². The zero-order valence-electron chi connectivity index (χ0n) is 7.05. The Bertz CT molecular complexity index is 409. The zero-order valence-corrected chi connectivity index (χ0v) is 7.87. The van der Waals surface area contributed by atoms with E-state index in [4.69, 9.17) is 5.73 Å². The number of nitrogens with two attached hydrogens (primary N) is 1. The lowest BCUT2D eigenvalue weighted by Crippen LogP contribution is -2.11. The first-order valence-corrected chi connectivity index (χ1v) is 5.89. The molecule has 1 aliphatic rings. The van der Waals surface area contributed by atoms with Gasteiger partial charge in [0.25, 0.3) is 0 Å². The van der Waals surface area contributed by atoms with Gasteiger partial charge in [0, 0.05) is 6.20 Å². The SMILES string of the molecule is Nc1cnn([C@@H]2CCS(=O)(=O)C2)c1. The summed E-state index contributed by atoms with van der Waals surface area (Å²) >= 11 is 0. The summed E-state index contributed by atoms with van der Waals surface area (Å²) in [5.41, 5.74) is 6.05. The van der Waals surface area contributed by atoms with E-state index in [2.05, 4.69) is 5.10 Å². The second kappa shape index (κ2) is 2.73. The van der Waals surface area contributed by atoms with Gasteiger partial charge in [-0.15, -0.1) is 0 Å². The Balaban J connectivity index is 2.21. The van der Waals surface area contributed by atoms with Gasteiger partial charge < -0.3 is 5.73 Å². The Morgan fingerprint density at radius 2 is 2.38 bits per heavy atom. The van der Waals surface area contributed by atoms with Crippen LogP contribution in [0.25, 0.3) is 0 Å². The minimum atomic E-state index is -2.84. The van der Waals surface area contributed by atoms with Crippen molar-refractivity contribution in [3.8, 4) is 0 Å². The van der Waals surface area contributed by atoms with Crippen molar-refractivity contribution in [2.24, 2.45) is 0 Å². The van der Waals surface area contributed by atoms with Crippen molar-refractivity contribution in [2.45, 2.75) is 12.5 Å². The molecule has 0 aromatic carbocycles. The molecule has 0 bridgehead atoms. The standard InChI is InChI=1S/C7H11N3O2S/c8-6-3-9-10(4-6)7-1-2-13(11,12)5-7/h3-4,7H,1-2,5,8H2/t7-/m1/s1. The van der Waals surface area contributed by atoms with E-state index in [1.54, 1.807) is 10.9 Å². The van der Waals surface area contributed by atoms with Crippen molar-refractivity contribution in [1.29, 1.82) is 0 Å². The lowest BCUT2D eigenvalue weighted by Gasteiger charge is -2.06. The van der Waals surface area contributed by atoms with Gasteiger partial charge in [0.2, 0.25) is 0 Å². The molecule has 6 heteroatoms. The Morgan fingerprint density at radius 3 is 2.85 bits per heavy atom. The van der Waals surface area contributed by atoms with Crippen LogP contribution in [0, 0.1) is 0 Å². The summed E-state index contributed by atoms with van der Waals surface area (Å²) in [4.78, 5) is 0. The van der Waals surface area contributed by atoms with Gasteiger partial charge in [0.15, 0.2) is 9.84 Å². The molecule has 2 rings (SSSR count). The summed E-state index contributed by atoms with van der Waals surface area (Å²) in [5, 5.41) is 3.99. The van der Waals surface area contributed by atoms with Crippen molar-refractivity contribution in [1.82, 2.24) is 9.78 Å². The maximum Gasteiger partial charge on any atom is 0.152 e. The summed E-state index contributed by atoms with van der Waals surface area (Å²) in [7, 11) is -2.84. The van der Waals surface area contributed by atoms with Crippen LogP contribution in [0.3, 0.4) is 0 Å². The summed E-state index contributed by atoms with van der Waals surface area (Å²) in [6, 6.07) is -0.0256. The van der Waals surface area contributed by atoms with Crippen LogP contribution < -0.4 is 5.73 Å². The number of rotatable bonds is 1. The molecular formula is C7H11N3O2S. The number of sulfone groups is 1. The smallest absolute Gasteiger partial charge is 0.152 e. The number of anilines is 1. The lowest BCUT2D eigenvalue weighted by atomic mass is 10.3. The predicted octanol–water partition coefficient (Wildman–Crippen LogP) is -0.175. The van der Waals surface area contributed by atoms with E-state index in [1.807, 2.05) is 0 Å². The quantitative estimate of drug-likeness (QED) is 0.684. The highest BCUT2D eigenvalue weighted by molar-refractivity contribution is 7.91. The molecule has 0 saturated carbocycles. The molecule has 0 amide bonds. The third-order valence-electron chi connectivity index (χ3n) is 2.20. The van der Waals surface area contributed by atoms with Crippen LogP contribution in [0.1, 0.15) is 12.5 Å². The first kappa shape index (κ1) is 8.55. The molecule has 0 aliphatic carbocycles. The Kier molecular flexibility index (Phi) is 1.80. The van der Waals surface area contributed by atoms with E-state index in [1.165, 1.54) is 6.20 Å². The Labute approximate surface area is 76.5 Å². The molecule has 1 atom stereocenters. The van der Waals surface area contributed by atoms with Crippen LogP contribution in [0.5, 0.6) is 0 Å². The van der Waals surface area contributed by atoms with Crippen molar-refractivity contribution in [3.63, 3.8) is 0 Å². The van der Waals surface area contributed by atoms with E-state index in [0.29, 0.717) is 12.1 Å². The van der Waals surface area contributed by atoms with Crippen molar-refractivity contribution in [2.75, 3.05) is 17.2 Å². The fraction of sp³-hybridized carbons (Fsp3) is 0.571. The van der Waals surface area contributed by atoms with Crippen LogP contribution in [0.4, 0.5) is 5.69 Å². The number of aromatic nitrogens is 2. The molecule has 2 N–H and O–H groups in total. The summed E-state index contributed by atoms with van der Waals surface area (Å²) < 4.78 is 23.9. The number of nitrogen functional groups attached to an aromatic ring is 1. The molecule has 1 fully saturated rings. The predicted molar refractivity (Wildman–Crippen MR) is 48.9 cm³/mol. The molecule has 0 spiro atoms. The summed E-state index contributed by atoms with van der Waals surface area (Å²) in [5.74, 6) is 0.450. The second-order valence-electron chi connectivity index (χ2n) is 3.31. The Morgan fingerprint density at radius 1 is 1.62 bits per heavy atom. The van der Waals surface area contributed by atoms with Crippen LogP contribution in [0.2, 0.25) is 0 Å². The van der Waals surface area contributed by atoms with Crippen LogP contribution >= 0.6 is 0 Å². The maximum absolute atomic E-state index is 11.1. The molecule has 5 nitrogen and oxygen atoms in total. The van der Waals surface area contributed by atoms with E-state index in [-0.39, 0.29) is 17.5 Å². The molecule has 1 aliphatic heterocycles. The second-order valence-corrected chi connectivity index (χ2v) is 5.54. The largest absolute Gasteiger partial charge is 0.396 e. The van der Waals surface area contributed by atoms with Gasteiger partial charge in [-0.2, -0.15) is 5.10 Å². The van der Waals surface area contributed by atoms with E-state index >= 15 is 0 Å². The van der Waals surface area contributed by atoms with E-state index in [9.17, 15) is 8.42 Å². The van der Waals surface area contributed by atoms with Crippen LogP contribution in [-0.2, 0) is 9.84 Å². The van der Waals surface area contributed by atoms with Gasteiger partial charge in [-0.3, -0.25) is 4.68 Å². The average Bonchev–Trinajstić information content (AvgIpc) is 2.56. The Hall–Kier alpha value is -1.04. The minimum Gasteiger partial charge on any atom is -0.396 e. The van der Waals surface area contributed by atoms with Crippen molar-refractivity contribution >= 4 is 15.5 Å². The van der Waals surface area contributed by atoms with E-state index < -0.39 is 9.84 Å². The van der Waals surface area contributed by atoms with Crippen molar-refractivity contribution in [3.05, 3.63) is 12.4 Å². The highest BCUT2D eigenvalue weighted by Gasteiger charge is 2.29. The van der Waals surface area contributed by atoms with Crippen molar-refractivity contribution < 1.29 is 8.42 Å². The van der Waals surface area contributed by atoms with Crippen LogP contribution in [-0.4, -0.2) is 29.7 Å². The lowest BCUT2D eigenvalue weighted by molar-refractivity contribution is 0.500. The molecule has 13 heavy (non-hydrogen) atoms. The molecule has 72 valence electrons. The fourth-order valence-electron chi connectivity index (χ4n) is 1.54. The molecule has 1 aromatic heterocycles. The molecule has 1 aromatic rings. The first-order chi connectivity index (χ1) is 6.07. The fourth-order valence-corrected chi connectivity index (χ4v) is 3.24. The molecule has 0 radical (unpaired) electrons. The third kappa shape index (κ3) is 1.67. The topological polar surface area (TPSA) is 78.0 Å². The van der Waals surface area contributed by atoms with Gasteiger partial charge in [0.05, 0.1) is 29.4 Å². The molecular weight excluding hydrogens is 190 g/mol. The monoisotopic (exact) mass is 201 g/mol. The van der Waals surface area contributed by atoms with Gasteiger partial charge >= 0.3 is 0 Å². The average molecular weight is 201 g/mol. The minimum absolute atomic E-state index is 0.0256. The summed E-state index contributed by atoms with van der Waals surface area (Å²) in [6.07, 6.45) is 3.85. The number of hydrogen-bond donors (Lipinski definition) is 1. The third-order valence-corrected chi connectivity index (χ3v) is 3.95. The molecule has 0 unspecified atom stereocenters. The summed E-state index contributed by atoms with van der Waals surface area (Å²) in [6.45, 7) is 0. The van der Waals surface area contributed by atoms with E-state index in [0.717, 1.165) is 0 Å². The normalized spacial score (nSPS) is 26.3. The highest BCUT2D eigenvalue weighted by Crippen LogP contribution is 2.23. The first-order valence-electron chi connectivity index (χ1n) is 4.07. The number of hydrogen-bond acceptors (Lipinski definition) is 4. The zero-order chi connectivity index (χ0) is 9.47. The molecule has 2 heterocycles. The molecule has 1 saturated heterocycles. The van der Waals surface area contributed by atoms with Gasteiger partial charge in [-0.05, 0) is 6.42 Å². The van der Waals surface area contributed by atoms with Crippen LogP contribution in [0.15, 0.2) is 12.4 Å².